The number of amides is 1. The summed E-state index contributed by atoms with van der Waals surface area (Å²) in [5.41, 5.74) is 3.30. The molecule has 0 saturated carbocycles. The summed E-state index contributed by atoms with van der Waals surface area (Å²) >= 11 is 0. The van der Waals surface area contributed by atoms with Gasteiger partial charge in [0.1, 0.15) is 11.5 Å². The molecule has 0 unspecified atom stereocenters. The van der Waals surface area contributed by atoms with E-state index < -0.39 is 0 Å². The van der Waals surface area contributed by atoms with Crippen molar-refractivity contribution < 1.29 is 4.79 Å². The second-order valence-corrected chi connectivity index (χ2v) is 6.57. The van der Waals surface area contributed by atoms with Crippen LogP contribution in [0.25, 0.3) is 0 Å². The summed E-state index contributed by atoms with van der Waals surface area (Å²) in [5, 5.41) is 2.99. The fraction of sp³-hybridized carbons (Fsp3) is 0.474. The minimum atomic E-state index is -0.0614. The standard InChI is InChI=1S/C19H25N3O/c1-4-14(3)20-19(23)17-12-22-11-15(9-10-18(22)21-17)16-8-6-5-7-13(16)2/h5-8,12,14-15H,4,9-11H2,1-3H3,(H,20,23)/t14-,15-/m1/s1. The average Bonchev–Trinajstić information content (AvgIpc) is 2.98. The maximum atomic E-state index is 12.3. The number of imidazole rings is 1. The number of carbonyl (C=O) groups excluding carboxylic acids is 1. The molecule has 1 aliphatic heterocycles. The van der Waals surface area contributed by atoms with Crippen LogP contribution in [0.3, 0.4) is 0 Å². The zero-order chi connectivity index (χ0) is 16.4. The monoisotopic (exact) mass is 311 g/mol. The largest absolute Gasteiger partial charge is 0.348 e. The van der Waals surface area contributed by atoms with Gasteiger partial charge < -0.3 is 9.88 Å². The van der Waals surface area contributed by atoms with E-state index in [-0.39, 0.29) is 11.9 Å². The molecule has 1 aromatic heterocycles. The number of hydrogen-bond donors (Lipinski definition) is 1. The molecule has 4 nitrogen and oxygen atoms in total. The molecule has 122 valence electrons. The van der Waals surface area contributed by atoms with Crippen LogP contribution in [0.15, 0.2) is 30.5 Å². The highest BCUT2D eigenvalue weighted by Crippen LogP contribution is 2.30. The van der Waals surface area contributed by atoms with Gasteiger partial charge in [0.15, 0.2) is 0 Å². The summed E-state index contributed by atoms with van der Waals surface area (Å²) in [6.07, 6.45) is 4.86. The van der Waals surface area contributed by atoms with Crippen LogP contribution in [-0.4, -0.2) is 21.5 Å². The molecule has 0 saturated heterocycles. The Morgan fingerprint density at radius 3 is 2.96 bits per heavy atom. The van der Waals surface area contributed by atoms with Gasteiger partial charge >= 0.3 is 0 Å². The third kappa shape index (κ3) is 3.31. The van der Waals surface area contributed by atoms with E-state index in [1.807, 2.05) is 13.1 Å². The van der Waals surface area contributed by atoms with Crippen molar-refractivity contribution >= 4 is 5.91 Å². The number of nitrogens with zero attached hydrogens (tertiary/aromatic N) is 2. The highest BCUT2D eigenvalue weighted by atomic mass is 16.2. The van der Waals surface area contributed by atoms with Crippen LogP contribution in [0.1, 0.15) is 60.0 Å². The number of aryl methyl sites for hydroxylation is 2. The molecule has 0 fully saturated rings. The predicted molar refractivity (Wildman–Crippen MR) is 91.7 cm³/mol. The zero-order valence-corrected chi connectivity index (χ0v) is 14.2. The minimum Gasteiger partial charge on any atom is -0.348 e. The van der Waals surface area contributed by atoms with E-state index in [1.54, 1.807) is 0 Å². The normalized spacial score (nSPS) is 18.3. The van der Waals surface area contributed by atoms with Gasteiger partial charge in [0.05, 0.1) is 0 Å². The van der Waals surface area contributed by atoms with E-state index >= 15 is 0 Å². The SMILES string of the molecule is CC[C@@H](C)NC(=O)c1cn2c(n1)CC[C@@H](c1ccccc1C)C2. The number of nitrogens with one attached hydrogen (secondary N) is 1. The van der Waals surface area contributed by atoms with Crippen molar-refractivity contribution in [2.75, 3.05) is 0 Å². The van der Waals surface area contributed by atoms with Gasteiger partial charge in [-0.2, -0.15) is 0 Å². The Morgan fingerprint density at radius 2 is 2.22 bits per heavy atom. The van der Waals surface area contributed by atoms with Crippen LogP contribution >= 0.6 is 0 Å². The number of aromatic nitrogens is 2. The third-order valence-corrected chi connectivity index (χ3v) is 4.84. The van der Waals surface area contributed by atoms with Crippen molar-refractivity contribution in [2.24, 2.45) is 0 Å². The summed E-state index contributed by atoms with van der Waals surface area (Å²) in [5.74, 6) is 1.47. The molecular formula is C19H25N3O. The van der Waals surface area contributed by atoms with Crippen LogP contribution in [-0.2, 0) is 13.0 Å². The first-order valence-corrected chi connectivity index (χ1v) is 8.51. The van der Waals surface area contributed by atoms with E-state index in [4.69, 9.17) is 0 Å². The lowest BCUT2D eigenvalue weighted by molar-refractivity contribution is 0.0934. The molecule has 23 heavy (non-hydrogen) atoms. The molecule has 4 heteroatoms. The number of benzene rings is 1. The van der Waals surface area contributed by atoms with Crippen LogP contribution in [0.5, 0.6) is 0 Å². The van der Waals surface area contributed by atoms with Gasteiger partial charge in [0.2, 0.25) is 0 Å². The Bertz CT molecular complexity index is 704. The summed E-state index contributed by atoms with van der Waals surface area (Å²) in [4.78, 5) is 16.8. The molecule has 0 radical (unpaired) electrons. The molecule has 0 bridgehead atoms. The van der Waals surface area contributed by atoms with Gasteiger partial charge in [-0.1, -0.05) is 31.2 Å². The van der Waals surface area contributed by atoms with Crippen LogP contribution < -0.4 is 5.32 Å². The molecule has 3 rings (SSSR count). The second kappa shape index (κ2) is 6.57. The Hall–Kier alpha value is -2.10. The highest BCUT2D eigenvalue weighted by Gasteiger charge is 2.24. The van der Waals surface area contributed by atoms with E-state index in [9.17, 15) is 4.79 Å². The molecule has 1 N–H and O–H groups in total. The molecule has 1 amide bonds. The van der Waals surface area contributed by atoms with Crippen molar-refractivity contribution in [1.29, 1.82) is 0 Å². The van der Waals surface area contributed by atoms with Crippen molar-refractivity contribution in [3.8, 4) is 0 Å². The fourth-order valence-electron chi connectivity index (χ4n) is 3.25. The quantitative estimate of drug-likeness (QED) is 0.940. The maximum Gasteiger partial charge on any atom is 0.271 e. The van der Waals surface area contributed by atoms with Crippen molar-refractivity contribution in [2.45, 2.75) is 58.5 Å². The third-order valence-electron chi connectivity index (χ3n) is 4.84. The van der Waals surface area contributed by atoms with E-state index in [1.165, 1.54) is 11.1 Å². The zero-order valence-electron chi connectivity index (χ0n) is 14.2. The predicted octanol–water partition coefficient (Wildman–Crippen LogP) is 3.45. The minimum absolute atomic E-state index is 0.0614. The lowest BCUT2D eigenvalue weighted by atomic mass is 9.89. The first-order chi connectivity index (χ1) is 11.1. The van der Waals surface area contributed by atoms with E-state index in [0.717, 1.165) is 31.6 Å². The lowest BCUT2D eigenvalue weighted by Crippen LogP contribution is -2.32. The van der Waals surface area contributed by atoms with Crippen molar-refractivity contribution in [1.82, 2.24) is 14.9 Å². The van der Waals surface area contributed by atoms with Gasteiger partial charge in [0.25, 0.3) is 5.91 Å². The van der Waals surface area contributed by atoms with Gasteiger partial charge in [-0.15, -0.1) is 0 Å². The molecule has 1 aliphatic rings. The summed E-state index contributed by atoms with van der Waals surface area (Å²) in [6, 6.07) is 8.77. The topological polar surface area (TPSA) is 46.9 Å². The fourth-order valence-corrected chi connectivity index (χ4v) is 3.25. The smallest absolute Gasteiger partial charge is 0.271 e. The number of fused-ring (bicyclic) bond motifs is 1. The lowest BCUT2D eigenvalue weighted by Gasteiger charge is -2.25. The molecule has 2 aromatic rings. The average molecular weight is 311 g/mol. The van der Waals surface area contributed by atoms with Crippen molar-refractivity contribution in [3.63, 3.8) is 0 Å². The number of rotatable bonds is 4. The molecule has 0 aliphatic carbocycles. The van der Waals surface area contributed by atoms with Gasteiger partial charge in [-0.3, -0.25) is 4.79 Å². The van der Waals surface area contributed by atoms with E-state index in [2.05, 4.69) is 53.0 Å². The Kier molecular flexibility index (Phi) is 4.51. The molecule has 0 spiro atoms. The summed E-state index contributed by atoms with van der Waals surface area (Å²) in [6.45, 7) is 7.16. The Balaban J connectivity index is 1.77. The van der Waals surface area contributed by atoms with Crippen LogP contribution in [0.2, 0.25) is 0 Å². The first kappa shape index (κ1) is 15.8. The number of carbonyl (C=O) groups is 1. The summed E-state index contributed by atoms with van der Waals surface area (Å²) in [7, 11) is 0. The van der Waals surface area contributed by atoms with Crippen LogP contribution in [0.4, 0.5) is 0 Å². The molecule has 2 heterocycles. The highest BCUT2D eigenvalue weighted by molar-refractivity contribution is 5.92. The molecule has 1 aromatic carbocycles. The first-order valence-electron chi connectivity index (χ1n) is 8.51. The molecule has 2 atom stereocenters. The molecular weight excluding hydrogens is 286 g/mol. The summed E-state index contributed by atoms with van der Waals surface area (Å²) < 4.78 is 2.16. The second-order valence-electron chi connectivity index (χ2n) is 6.57. The van der Waals surface area contributed by atoms with Crippen molar-refractivity contribution in [3.05, 3.63) is 53.1 Å². The van der Waals surface area contributed by atoms with E-state index in [0.29, 0.717) is 11.6 Å². The van der Waals surface area contributed by atoms with Gasteiger partial charge in [-0.25, -0.2) is 4.98 Å². The van der Waals surface area contributed by atoms with Gasteiger partial charge in [0, 0.05) is 31.1 Å². The number of hydrogen-bond acceptors (Lipinski definition) is 2. The van der Waals surface area contributed by atoms with Crippen LogP contribution in [0, 0.1) is 6.92 Å². The van der Waals surface area contributed by atoms with Gasteiger partial charge in [-0.05, 0) is 37.8 Å². The maximum absolute atomic E-state index is 12.3. The Labute approximate surface area is 137 Å². The Morgan fingerprint density at radius 1 is 1.43 bits per heavy atom.